The number of amides is 2. The molecule has 8 nitrogen and oxygen atoms in total. The van der Waals surface area contributed by atoms with Gasteiger partial charge in [-0.25, -0.2) is 14.2 Å². The van der Waals surface area contributed by atoms with Crippen LogP contribution in [-0.4, -0.2) is 41.4 Å². The number of ether oxygens (including phenoxy) is 1. The van der Waals surface area contributed by atoms with E-state index in [0.29, 0.717) is 42.0 Å². The van der Waals surface area contributed by atoms with Gasteiger partial charge in [0.15, 0.2) is 0 Å². The first kappa shape index (κ1) is 22.3. The third-order valence-electron chi connectivity index (χ3n) is 7.89. The van der Waals surface area contributed by atoms with E-state index >= 15 is 0 Å². The Labute approximate surface area is 203 Å². The van der Waals surface area contributed by atoms with Gasteiger partial charge in [0.1, 0.15) is 29.7 Å². The van der Waals surface area contributed by atoms with Crippen LogP contribution in [0.1, 0.15) is 26.7 Å². The minimum atomic E-state index is -0.706. The summed E-state index contributed by atoms with van der Waals surface area (Å²) in [6.45, 7) is 5.48. The van der Waals surface area contributed by atoms with Crippen LogP contribution in [-0.2, 0) is 0 Å². The number of nitrogens with one attached hydrogen (secondary N) is 4. The molecule has 3 aliphatic heterocycles. The molecule has 3 heterocycles. The van der Waals surface area contributed by atoms with Gasteiger partial charge in [-0.1, -0.05) is 19.9 Å². The third kappa shape index (κ3) is 3.83. The Balaban J connectivity index is 1.09. The summed E-state index contributed by atoms with van der Waals surface area (Å²) in [5.41, 5.74) is 0.918. The number of piperidine rings is 1. The number of aliphatic imine (C=N–C) groups is 1. The Morgan fingerprint density at radius 1 is 1.26 bits per heavy atom. The average molecular weight is 480 g/mol. The van der Waals surface area contributed by atoms with Crippen molar-refractivity contribution >= 4 is 17.6 Å². The van der Waals surface area contributed by atoms with Crippen LogP contribution in [0, 0.1) is 29.0 Å². The number of hydrogen-bond acceptors (Lipinski definition) is 6. The number of nitrogens with zero attached hydrogens (tertiary/aromatic N) is 1. The zero-order valence-electron chi connectivity index (χ0n) is 19.7. The summed E-state index contributed by atoms with van der Waals surface area (Å²) in [5, 5.41) is 21.9. The molecule has 0 aromatic heterocycles. The molecule has 5 N–H and O–H groups in total. The minimum absolute atomic E-state index is 0.0306. The van der Waals surface area contributed by atoms with E-state index in [-0.39, 0.29) is 28.7 Å². The summed E-state index contributed by atoms with van der Waals surface area (Å²) in [5.74, 6) is 1.40. The lowest BCUT2D eigenvalue weighted by Crippen LogP contribution is -2.44. The molecule has 5 aliphatic rings. The number of allylic oxidation sites excluding steroid dienone is 1. The van der Waals surface area contributed by atoms with Crippen molar-refractivity contribution in [2.24, 2.45) is 28.2 Å². The molecule has 0 radical (unpaired) electrons. The van der Waals surface area contributed by atoms with E-state index in [1.165, 1.54) is 12.1 Å². The molecule has 2 fully saturated rings. The summed E-state index contributed by atoms with van der Waals surface area (Å²) in [6.07, 6.45) is 9.99. The van der Waals surface area contributed by atoms with Gasteiger partial charge in [0.05, 0.1) is 11.6 Å². The second-order valence-corrected chi connectivity index (χ2v) is 10.7. The molecule has 0 bridgehead atoms. The van der Waals surface area contributed by atoms with Gasteiger partial charge >= 0.3 is 6.03 Å². The molecule has 35 heavy (non-hydrogen) atoms. The second kappa shape index (κ2) is 7.93. The number of carbonyl (C=O) groups excluding carboxylic acids is 1. The molecule has 1 saturated carbocycles. The number of anilines is 1. The highest BCUT2D eigenvalue weighted by Crippen LogP contribution is 2.66. The average Bonchev–Trinajstić information content (AvgIpc) is 3.41. The molecule has 2 amide bonds. The Hall–Kier alpha value is -3.17. The Kier molecular flexibility index (Phi) is 5.05. The number of benzene rings is 1. The fourth-order valence-electron chi connectivity index (χ4n) is 6.23. The Bertz CT molecular complexity index is 1190. The van der Waals surface area contributed by atoms with Crippen LogP contribution in [0.4, 0.5) is 14.9 Å². The zero-order chi connectivity index (χ0) is 24.4. The predicted octanol–water partition coefficient (Wildman–Crippen LogP) is 3.01. The summed E-state index contributed by atoms with van der Waals surface area (Å²) >= 11 is 0. The molecule has 1 aromatic carbocycles. The van der Waals surface area contributed by atoms with Crippen LogP contribution in [0.3, 0.4) is 0 Å². The van der Waals surface area contributed by atoms with Gasteiger partial charge in [0.2, 0.25) is 0 Å². The maximum atomic E-state index is 14.8. The van der Waals surface area contributed by atoms with Crippen LogP contribution >= 0.6 is 0 Å². The number of halogens is 1. The number of urea groups is 1. The van der Waals surface area contributed by atoms with E-state index in [0.717, 1.165) is 6.54 Å². The van der Waals surface area contributed by atoms with Crippen LogP contribution in [0.5, 0.6) is 5.75 Å². The minimum Gasteiger partial charge on any atom is -0.485 e. The van der Waals surface area contributed by atoms with Crippen LogP contribution in [0.25, 0.3) is 0 Å². The Morgan fingerprint density at radius 3 is 2.94 bits per heavy atom. The number of hydrogen-bond donors (Lipinski definition) is 5. The van der Waals surface area contributed by atoms with Crippen molar-refractivity contribution in [3.8, 4) is 5.75 Å². The topological polar surface area (TPSA) is 107 Å². The van der Waals surface area contributed by atoms with E-state index in [1.54, 1.807) is 12.3 Å². The van der Waals surface area contributed by atoms with Crippen molar-refractivity contribution in [2.45, 2.75) is 44.6 Å². The number of aliphatic hydroxyl groups is 1. The standard InChI is InChI=1S/C26H30FN5O3/c1-25(2)13-29-26-12-14(3-6-17(26)22(25)26)30-24(34)31-19-7-4-15(11-18(19)27)35-20-9-10-28-23-16(20)5-8-21(33)32-23/h3-4,6-7,9-12,16-17,20-22,29,33H,5,8,13H2,1-2H3,(H,28,32)(H2,30,31,34)/t16?,17?,20-,21-,22?,26?/m1/s1. The van der Waals surface area contributed by atoms with E-state index < -0.39 is 18.1 Å². The van der Waals surface area contributed by atoms with Gasteiger partial charge in [-0.2, -0.15) is 0 Å². The number of aliphatic hydroxyl groups excluding tert-OH is 1. The van der Waals surface area contributed by atoms with E-state index in [4.69, 9.17) is 4.74 Å². The normalized spacial score (nSPS) is 35.5. The number of carbonyl (C=O) groups is 1. The molecule has 6 rings (SSSR count). The fourth-order valence-corrected chi connectivity index (χ4v) is 6.23. The monoisotopic (exact) mass is 479 g/mol. The lowest BCUT2D eigenvalue weighted by molar-refractivity contribution is 0.132. The van der Waals surface area contributed by atoms with Crippen molar-refractivity contribution in [3.05, 3.63) is 60.2 Å². The molecular weight excluding hydrogens is 449 g/mol. The van der Waals surface area contributed by atoms with Crippen molar-refractivity contribution in [1.82, 2.24) is 16.0 Å². The van der Waals surface area contributed by atoms with Gasteiger partial charge in [-0.15, -0.1) is 0 Å². The van der Waals surface area contributed by atoms with Gasteiger partial charge < -0.3 is 31.1 Å². The highest BCUT2D eigenvalue weighted by molar-refractivity contribution is 5.91. The zero-order valence-corrected chi connectivity index (χ0v) is 19.7. The van der Waals surface area contributed by atoms with Gasteiger partial charge in [0.25, 0.3) is 0 Å². The summed E-state index contributed by atoms with van der Waals surface area (Å²) in [7, 11) is 0. The van der Waals surface area contributed by atoms with E-state index in [9.17, 15) is 14.3 Å². The summed E-state index contributed by atoms with van der Waals surface area (Å²) in [4.78, 5) is 16.8. The first-order valence-electron chi connectivity index (χ1n) is 12.1. The van der Waals surface area contributed by atoms with Crippen LogP contribution in [0.15, 0.2) is 59.4 Å². The molecule has 184 valence electrons. The summed E-state index contributed by atoms with van der Waals surface area (Å²) < 4.78 is 20.8. The first-order valence-corrected chi connectivity index (χ1v) is 12.1. The van der Waals surface area contributed by atoms with Crippen molar-refractivity contribution in [3.63, 3.8) is 0 Å². The quantitative estimate of drug-likeness (QED) is 0.457. The first-order chi connectivity index (χ1) is 16.7. The van der Waals surface area contributed by atoms with Crippen molar-refractivity contribution < 1.29 is 19.0 Å². The Morgan fingerprint density at radius 2 is 2.11 bits per heavy atom. The fraction of sp³-hybridized carbons (Fsp3) is 0.462. The number of rotatable bonds is 4. The van der Waals surface area contributed by atoms with Crippen LogP contribution in [0.2, 0.25) is 0 Å². The smallest absolute Gasteiger partial charge is 0.323 e. The lowest BCUT2D eigenvalue weighted by atomic mass is 9.87. The molecule has 1 spiro atoms. The van der Waals surface area contributed by atoms with Gasteiger partial charge in [0, 0.05) is 36.0 Å². The maximum Gasteiger partial charge on any atom is 0.323 e. The third-order valence-corrected chi connectivity index (χ3v) is 7.89. The molecule has 6 atom stereocenters. The van der Waals surface area contributed by atoms with Gasteiger partial charge in [-0.3, -0.25) is 0 Å². The molecule has 1 saturated heterocycles. The summed E-state index contributed by atoms with van der Waals surface area (Å²) in [6, 6.07) is 3.89. The van der Waals surface area contributed by atoms with E-state index in [2.05, 4.69) is 52.3 Å². The predicted molar refractivity (Wildman–Crippen MR) is 130 cm³/mol. The molecular formula is C26H30FN5O3. The SMILES string of the molecule is CC1(C)CNC23C=C(NC(=O)Nc4ccc(O[C@@H]5C=CNC6=N[C@H](O)CCC65)cc4F)C=CC2C13. The number of fused-ring (bicyclic) bond motifs is 2. The molecule has 9 heteroatoms. The van der Waals surface area contributed by atoms with Crippen LogP contribution < -0.4 is 26.0 Å². The molecule has 1 aromatic rings. The molecule has 4 unspecified atom stereocenters. The lowest BCUT2D eigenvalue weighted by Gasteiger charge is -2.33. The molecule has 2 aliphatic carbocycles. The van der Waals surface area contributed by atoms with Crippen molar-refractivity contribution in [2.75, 3.05) is 11.9 Å². The second-order valence-electron chi connectivity index (χ2n) is 10.7. The number of amidine groups is 1. The van der Waals surface area contributed by atoms with E-state index in [1.807, 2.05) is 12.2 Å². The largest absolute Gasteiger partial charge is 0.485 e. The maximum absolute atomic E-state index is 14.8. The highest BCUT2D eigenvalue weighted by Gasteiger charge is 2.71. The van der Waals surface area contributed by atoms with Gasteiger partial charge in [-0.05, 0) is 54.5 Å². The highest BCUT2D eigenvalue weighted by atomic mass is 19.1. The van der Waals surface area contributed by atoms with Crippen molar-refractivity contribution in [1.29, 1.82) is 0 Å².